The number of carbonyl (C=O) groups excluding carboxylic acids is 2. The van der Waals surface area contributed by atoms with Crippen LogP contribution in [0.3, 0.4) is 0 Å². The Labute approximate surface area is 145 Å². The van der Waals surface area contributed by atoms with Crippen molar-refractivity contribution >= 4 is 33.4 Å². The average molecular weight is 382 g/mol. The molecule has 1 aliphatic heterocycles. The van der Waals surface area contributed by atoms with Gasteiger partial charge in [-0.25, -0.2) is 0 Å². The van der Waals surface area contributed by atoms with Crippen molar-refractivity contribution in [2.24, 2.45) is 11.8 Å². The van der Waals surface area contributed by atoms with E-state index in [2.05, 4.69) is 45.3 Å². The minimum Gasteiger partial charge on any atom is -0.346 e. The fraction of sp³-hybridized carbons (Fsp3) is 0.529. The minimum absolute atomic E-state index is 0.0148. The Morgan fingerprint density at radius 2 is 1.83 bits per heavy atom. The predicted octanol–water partition coefficient (Wildman–Crippen LogP) is 2.48. The van der Waals surface area contributed by atoms with Crippen molar-refractivity contribution in [1.29, 1.82) is 0 Å². The molecule has 23 heavy (non-hydrogen) atoms. The molecule has 0 aliphatic carbocycles. The summed E-state index contributed by atoms with van der Waals surface area (Å²) in [6.07, 6.45) is 1.21. The van der Waals surface area contributed by atoms with Gasteiger partial charge in [0.05, 0.1) is 18.8 Å². The molecule has 1 aromatic rings. The Balaban J connectivity index is 1.73. The van der Waals surface area contributed by atoms with Gasteiger partial charge in [-0.2, -0.15) is 0 Å². The van der Waals surface area contributed by atoms with Crippen LogP contribution < -0.4 is 10.6 Å². The minimum atomic E-state index is -0.231. The monoisotopic (exact) mass is 381 g/mol. The molecule has 1 saturated heterocycles. The van der Waals surface area contributed by atoms with Crippen LogP contribution in [0.1, 0.15) is 20.3 Å². The highest BCUT2D eigenvalue weighted by atomic mass is 79.9. The average Bonchev–Trinajstić information content (AvgIpc) is 2.46. The van der Waals surface area contributed by atoms with Crippen molar-refractivity contribution in [3.05, 3.63) is 28.7 Å². The number of halogens is 1. The van der Waals surface area contributed by atoms with Gasteiger partial charge < -0.3 is 10.6 Å². The van der Waals surface area contributed by atoms with Gasteiger partial charge in [-0.05, 0) is 46.3 Å². The van der Waals surface area contributed by atoms with Crippen LogP contribution in [0, 0.1) is 11.8 Å². The Hall–Kier alpha value is -1.40. The van der Waals surface area contributed by atoms with Gasteiger partial charge in [-0.15, -0.1) is 0 Å². The van der Waals surface area contributed by atoms with Crippen LogP contribution in [0.5, 0.6) is 0 Å². The Bertz CT molecular complexity index is 555. The maximum absolute atomic E-state index is 12.0. The summed E-state index contributed by atoms with van der Waals surface area (Å²) in [4.78, 5) is 26.1. The van der Waals surface area contributed by atoms with Gasteiger partial charge in [0.15, 0.2) is 0 Å². The molecule has 0 spiro atoms. The summed E-state index contributed by atoms with van der Waals surface area (Å²) >= 11 is 3.37. The number of rotatable bonds is 5. The van der Waals surface area contributed by atoms with Gasteiger partial charge in [-0.3, -0.25) is 14.5 Å². The van der Waals surface area contributed by atoms with Crippen LogP contribution in [0.2, 0.25) is 0 Å². The van der Waals surface area contributed by atoms with Crippen molar-refractivity contribution in [2.75, 3.05) is 31.5 Å². The number of hydrogen-bond acceptors (Lipinski definition) is 3. The molecule has 2 amide bonds. The molecule has 0 saturated carbocycles. The van der Waals surface area contributed by atoms with Gasteiger partial charge in [0, 0.05) is 17.6 Å². The topological polar surface area (TPSA) is 61.4 Å². The summed E-state index contributed by atoms with van der Waals surface area (Å²) in [5.74, 6) is 0.898. The number of hydrogen-bond donors (Lipinski definition) is 2. The number of para-hydroxylation sites is 1. The van der Waals surface area contributed by atoms with E-state index in [1.165, 1.54) is 6.42 Å². The van der Waals surface area contributed by atoms with E-state index in [9.17, 15) is 9.59 Å². The van der Waals surface area contributed by atoms with E-state index < -0.39 is 0 Å². The number of likely N-dealkylation sites (tertiary alicyclic amines) is 1. The Kier molecular flexibility index (Phi) is 6.59. The molecule has 1 aliphatic rings. The maximum Gasteiger partial charge on any atom is 0.243 e. The summed E-state index contributed by atoms with van der Waals surface area (Å²) in [5.41, 5.74) is 0.699. The standard InChI is InChI=1S/C17H24BrN3O2/c1-12-7-13(2)10-21(9-12)11-17(23)19-8-16(22)20-15-6-4-3-5-14(15)18/h3-6,12-13H,7-11H2,1-2H3,(H,19,23)(H,20,22)/t12-,13-/m0/s1. The fourth-order valence-electron chi connectivity index (χ4n) is 3.12. The highest BCUT2D eigenvalue weighted by Crippen LogP contribution is 2.21. The molecule has 2 N–H and O–H groups in total. The highest BCUT2D eigenvalue weighted by molar-refractivity contribution is 9.10. The SMILES string of the molecule is C[C@H]1C[C@H](C)CN(CC(=O)NCC(=O)Nc2ccccc2Br)C1. The van der Waals surface area contributed by atoms with Crippen molar-refractivity contribution in [3.63, 3.8) is 0 Å². The molecule has 0 unspecified atom stereocenters. The first kappa shape index (κ1) is 17.9. The molecule has 126 valence electrons. The number of nitrogens with zero attached hydrogens (tertiary/aromatic N) is 1. The lowest BCUT2D eigenvalue weighted by atomic mass is 9.92. The molecular weight excluding hydrogens is 358 g/mol. The first-order valence-corrected chi connectivity index (χ1v) is 8.76. The summed E-state index contributed by atoms with van der Waals surface area (Å²) in [7, 11) is 0. The summed E-state index contributed by atoms with van der Waals surface area (Å²) < 4.78 is 0.816. The van der Waals surface area contributed by atoms with Gasteiger partial charge >= 0.3 is 0 Å². The molecule has 1 heterocycles. The number of anilines is 1. The van der Waals surface area contributed by atoms with Gasteiger partial charge in [0.2, 0.25) is 11.8 Å². The van der Waals surface area contributed by atoms with Gasteiger partial charge in [0.1, 0.15) is 0 Å². The Morgan fingerprint density at radius 3 is 2.48 bits per heavy atom. The fourth-order valence-corrected chi connectivity index (χ4v) is 3.50. The van der Waals surface area contributed by atoms with E-state index >= 15 is 0 Å². The van der Waals surface area contributed by atoms with E-state index in [1.54, 1.807) is 6.07 Å². The van der Waals surface area contributed by atoms with Crippen molar-refractivity contribution in [1.82, 2.24) is 10.2 Å². The van der Waals surface area contributed by atoms with Crippen molar-refractivity contribution < 1.29 is 9.59 Å². The molecular formula is C17H24BrN3O2. The van der Waals surface area contributed by atoms with Crippen LogP contribution in [0.15, 0.2) is 28.7 Å². The molecule has 2 atom stereocenters. The van der Waals surface area contributed by atoms with Crippen LogP contribution >= 0.6 is 15.9 Å². The molecule has 5 nitrogen and oxygen atoms in total. The zero-order valence-corrected chi connectivity index (χ0v) is 15.2. The molecule has 2 rings (SSSR count). The van der Waals surface area contributed by atoms with Crippen LogP contribution in [-0.2, 0) is 9.59 Å². The normalized spacial score (nSPS) is 21.7. The van der Waals surface area contributed by atoms with Crippen LogP contribution in [0.25, 0.3) is 0 Å². The number of benzene rings is 1. The zero-order valence-electron chi connectivity index (χ0n) is 13.6. The number of piperidine rings is 1. The molecule has 1 fully saturated rings. The van der Waals surface area contributed by atoms with E-state index in [0.29, 0.717) is 24.1 Å². The second kappa shape index (κ2) is 8.45. The Morgan fingerprint density at radius 1 is 1.17 bits per heavy atom. The molecule has 6 heteroatoms. The van der Waals surface area contributed by atoms with Gasteiger partial charge in [0.25, 0.3) is 0 Å². The van der Waals surface area contributed by atoms with E-state index in [-0.39, 0.29) is 18.4 Å². The van der Waals surface area contributed by atoms with Crippen LogP contribution in [0.4, 0.5) is 5.69 Å². The third-order valence-corrected chi connectivity index (χ3v) is 4.60. The lowest BCUT2D eigenvalue weighted by Crippen LogP contribution is -2.45. The van der Waals surface area contributed by atoms with E-state index in [0.717, 1.165) is 17.6 Å². The lowest BCUT2D eigenvalue weighted by molar-refractivity contribution is -0.125. The first-order chi connectivity index (χ1) is 10.9. The zero-order chi connectivity index (χ0) is 16.8. The van der Waals surface area contributed by atoms with Crippen LogP contribution in [-0.4, -0.2) is 42.9 Å². The smallest absolute Gasteiger partial charge is 0.243 e. The summed E-state index contributed by atoms with van der Waals surface area (Å²) in [6.45, 7) is 6.66. The van der Waals surface area contributed by atoms with E-state index in [4.69, 9.17) is 0 Å². The number of carbonyl (C=O) groups is 2. The quantitative estimate of drug-likeness (QED) is 0.823. The predicted molar refractivity (Wildman–Crippen MR) is 95.2 cm³/mol. The summed E-state index contributed by atoms with van der Waals surface area (Å²) in [6, 6.07) is 7.38. The number of amides is 2. The second-order valence-corrected chi connectivity index (χ2v) is 7.30. The molecule has 1 aromatic carbocycles. The third kappa shape index (κ3) is 5.95. The van der Waals surface area contributed by atoms with E-state index in [1.807, 2.05) is 18.2 Å². The second-order valence-electron chi connectivity index (χ2n) is 6.44. The lowest BCUT2D eigenvalue weighted by Gasteiger charge is -2.34. The molecule has 0 bridgehead atoms. The van der Waals surface area contributed by atoms with Crippen molar-refractivity contribution in [3.8, 4) is 0 Å². The summed E-state index contributed by atoms with van der Waals surface area (Å²) in [5, 5.41) is 5.46. The van der Waals surface area contributed by atoms with Gasteiger partial charge in [-0.1, -0.05) is 26.0 Å². The number of nitrogens with one attached hydrogen (secondary N) is 2. The third-order valence-electron chi connectivity index (χ3n) is 3.91. The molecule has 0 aromatic heterocycles. The molecule has 0 radical (unpaired) electrons. The largest absolute Gasteiger partial charge is 0.346 e. The highest BCUT2D eigenvalue weighted by Gasteiger charge is 2.23. The van der Waals surface area contributed by atoms with Crippen molar-refractivity contribution in [2.45, 2.75) is 20.3 Å². The maximum atomic E-state index is 12.0. The first-order valence-electron chi connectivity index (χ1n) is 7.97.